The monoisotopic (exact) mass is 645 g/mol. The number of carbonyl (C=O) groups is 3. The second kappa shape index (κ2) is 11.5. The van der Waals surface area contributed by atoms with Crippen LogP contribution < -0.4 is 15.4 Å². The number of hydrogen-bond donors (Lipinski definition) is 3. The second-order valence-electron chi connectivity index (χ2n) is 11.6. The van der Waals surface area contributed by atoms with Crippen LogP contribution in [-0.4, -0.2) is 70.6 Å². The lowest BCUT2D eigenvalue weighted by molar-refractivity contribution is -0.137. The number of amides is 3. The lowest BCUT2D eigenvalue weighted by Crippen LogP contribution is -2.49. The molecule has 13 heteroatoms. The standard InChI is InChI=1S/C32H31N5O6S2/c1-18(24-12-20-15-33-11-10-23(20)36-24)35-32(40)25-14-22(45(41,42)21-7-8-21)17-37(25)30(38)16-34-31(39)19-6-9-29-27(13-19)43-26-4-2-3-5-28(26)44-29/h2-6,9-13,15,18,21-22,25,36H,7-8,14,16-17H2,1H3,(H,34,39)(H,35,40)/t18-,22-,25+/m1/s1. The molecule has 7 rings (SSSR count). The maximum Gasteiger partial charge on any atom is 0.251 e. The Kier molecular flexibility index (Phi) is 7.52. The normalized spacial score (nSPS) is 19.7. The molecule has 0 spiro atoms. The van der Waals surface area contributed by atoms with Gasteiger partial charge in [-0.05, 0) is 68.7 Å². The number of nitrogens with zero attached hydrogens (tertiary/aromatic N) is 2. The fourth-order valence-corrected chi connectivity index (χ4v) is 8.96. The zero-order chi connectivity index (χ0) is 31.3. The van der Waals surface area contributed by atoms with Gasteiger partial charge in [0.1, 0.15) is 17.5 Å². The van der Waals surface area contributed by atoms with Crippen LogP contribution in [0.3, 0.4) is 0 Å². The van der Waals surface area contributed by atoms with Crippen molar-refractivity contribution in [1.29, 1.82) is 0 Å². The fraction of sp³-hybridized carbons (Fsp3) is 0.312. The molecule has 3 amide bonds. The molecule has 2 aliphatic heterocycles. The summed E-state index contributed by atoms with van der Waals surface area (Å²) in [4.78, 5) is 50.7. The highest BCUT2D eigenvalue weighted by molar-refractivity contribution is 7.99. The summed E-state index contributed by atoms with van der Waals surface area (Å²) in [5, 5.41) is 5.23. The van der Waals surface area contributed by atoms with E-state index in [1.54, 1.807) is 42.4 Å². The Labute approximate surface area is 264 Å². The Bertz CT molecular complexity index is 1910. The zero-order valence-electron chi connectivity index (χ0n) is 24.4. The molecule has 4 heterocycles. The van der Waals surface area contributed by atoms with Crippen LogP contribution in [-0.2, 0) is 19.4 Å². The minimum atomic E-state index is -3.49. The molecule has 2 fully saturated rings. The minimum Gasteiger partial charge on any atom is -0.455 e. The van der Waals surface area contributed by atoms with Gasteiger partial charge in [0, 0.05) is 41.1 Å². The van der Waals surface area contributed by atoms with Gasteiger partial charge in [-0.15, -0.1) is 0 Å². The van der Waals surface area contributed by atoms with Crippen molar-refractivity contribution < 1.29 is 27.5 Å². The third-order valence-corrected chi connectivity index (χ3v) is 12.3. The highest BCUT2D eigenvalue weighted by Gasteiger charge is 2.49. The maximum absolute atomic E-state index is 13.6. The van der Waals surface area contributed by atoms with Gasteiger partial charge in [0.2, 0.25) is 11.8 Å². The van der Waals surface area contributed by atoms with Gasteiger partial charge < -0.3 is 25.3 Å². The van der Waals surface area contributed by atoms with Crippen LogP contribution in [0.25, 0.3) is 10.9 Å². The van der Waals surface area contributed by atoms with Crippen molar-refractivity contribution >= 4 is 50.2 Å². The number of para-hydroxylation sites is 1. The molecule has 1 aliphatic carbocycles. The van der Waals surface area contributed by atoms with E-state index < -0.39 is 50.1 Å². The van der Waals surface area contributed by atoms with Gasteiger partial charge in [-0.25, -0.2) is 8.42 Å². The number of rotatable bonds is 8. The third kappa shape index (κ3) is 5.77. The van der Waals surface area contributed by atoms with Crippen molar-refractivity contribution in [3.05, 3.63) is 78.2 Å². The summed E-state index contributed by atoms with van der Waals surface area (Å²) >= 11 is 1.54. The predicted molar refractivity (Wildman–Crippen MR) is 168 cm³/mol. The van der Waals surface area contributed by atoms with Gasteiger partial charge in [-0.1, -0.05) is 23.9 Å². The Morgan fingerprint density at radius 3 is 2.67 bits per heavy atom. The smallest absolute Gasteiger partial charge is 0.251 e. The Balaban J connectivity index is 1.04. The number of fused-ring (bicyclic) bond motifs is 3. The molecule has 11 nitrogen and oxygen atoms in total. The van der Waals surface area contributed by atoms with Crippen LogP contribution in [0.5, 0.6) is 11.5 Å². The molecular formula is C32H31N5O6S2. The van der Waals surface area contributed by atoms with Crippen LogP contribution in [0, 0.1) is 0 Å². The lowest BCUT2D eigenvalue weighted by Gasteiger charge is -2.25. The van der Waals surface area contributed by atoms with E-state index in [9.17, 15) is 22.8 Å². The van der Waals surface area contributed by atoms with Crippen LogP contribution in [0.2, 0.25) is 0 Å². The number of H-pyrrole nitrogens is 1. The second-order valence-corrected chi connectivity index (χ2v) is 15.2. The molecule has 4 aromatic rings. The van der Waals surface area contributed by atoms with E-state index in [4.69, 9.17) is 4.74 Å². The van der Waals surface area contributed by atoms with Gasteiger partial charge in [0.05, 0.1) is 32.9 Å². The van der Waals surface area contributed by atoms with E-state index in [1.165, 1.54) is 4.90 Å². The van der Waals surface area contributed by atoms with E-state index in [-0.39, 0.29) is 19.5 Å². The molecule has 3 atom stereocenters. The number of ether oxygens (including phenoxy) is 1. The first-order valence-corrected chi connectivity index (χ1v) is 17.2. The van der Waals surface area contributed by atoms with Crippen molar-refractivity contribution in [3.8, 4) is 11.5 Å². The predicted octanol–water partition coefficient (Wildman–Crippen LogP) is 3.97. The molecular weight excluding hydrogens is 615 g/mol. The number of pyridine rings is 1. The molecule has 0 bridgehead atoms. The van der Waals surface area contributed by atoms with Gasteiger partial charge in [0.25, 0.3) is 5.91 Å². The molecule has 1 saturated heterocycles. The van der Waals surface area contributed by atoms with E-state index in [2.05, 4.69) is 20.6 Å². The van der Waals surface area contributed by atoms with E-state index in [0.29, 0.717) is 29.9 Å². The lowest BCUT2D eigenvalue weighted by atomic mass is 10.1. The first-order chi connectivity index (χ1) is 21.7. The topological polar surface area (TPSA) is 151 Å². The number of hydrogen-bond acceptors (Lipinski definition) is 8. The van der Waals surface area contributed by atoms with Crippen LogP contribution >= 0.6 is 11.8 Å². The summed E-state index contributed by atoms with van der Waals surface area (Å²) in [7, 11) is -3.49. The van der Waals surface area contributed by atoms with E-state index in [1.807, 2.05) is 43.3 Å². The average molecular weight is 646 g/mol. The molecule has 2 aromatic heterocycles. The molecule has 45 heavy (non-hydrogen) atoms. The summed E-state index contributed by atoms with van der Waals surface area (Å²) in [6, 6.07) is 15.0. The summed E-state index contributed by atoms with van der Waals surface area (Å²) in [5.41, 5.74) is 1.94. The van der Waals surface area contributed by atoms with Crippen LogP contribution in [0.4, 0.5) is 0 Å². The first-order valence-electron chi connectivity index (χ1n) is 14.8. The van der Waals surface area contributed by atoms with Gasteiger partial charge in [0.15, 0.2) is 9.84 Å². The summed E-state index contributed by atoms with van der Waals surface area (Å²) in [6.07, 6.45) is 4.60. The molecule has 0 radical (unpaired) electrons. The maximum atomic E-state index is 13.6. The SMILES string of the molecule is C[C@@H](NC(=O)[C@@H]1C[C@@H](S(=O)(=O)C2CC2)CN1C(=O)CNC(=O)c1ccc2c(c1)Oc1ccccc1S2)c1cc2cnccc2[nH]1. The van der Waals surface area contributed by atoms with E-state index in [0.717, 1.165) is 26.4 Å². The van der Waals surface area contributed by atoms with Crippen molar-refractivity contribution in [2.24, 2.45) is 0 Å². The number of carbonyl (C=O) groups excluding carboxylic acids is 3. The fourth-order valence-electron chi connectivity index (χ4n) is 5.87. The minimum absolute atomic E-state index is 0.00893. The number of aromatic amines is 1. The average Bonchev–Trinajstić information content (AvgIpc) is 3.66. The van der Waals surface area contributed by atoms with Crippen molar-refractivity contribution in [2.45, 2.75) is 58.6 Å². The van der Waals surface area contributed by atoms with Gasteiger partial charge in [-0.2, -0.15) is 0 Å². The summed E-state index contributed by atoms with van der Waals surface area (Å²) in [5.74, 6) is -0.213. The first kappa shape index (κ1) is 29.4. The van der Waals surface area contributed by atoms with Gasteiger partial charge >= 0.3 is 0 Å². The summed E-state index contributed by atoms with van der Waals surface area (Å²) < 4.78 is 32.3. The number of sulfone groups is 1. The highest BCUT2D eigenvalue weighted by atomic mass is 32.2. The Morgan fingerprint density at radius 1 is 1.07 bits per heavy atom. The van der Waals surface area contributed by atoms with E-state index >= 15 is 0 Å². The number of nitrogens with one attached hydrogen (secondary N) is 3. The number of benzene rings is 2. The van der Waals surface area contributed by atoms with Crippen molar-refractivity contribution in [3.63, 3.8) is 0 Å². The van der Waals surface area contributed by atoms with Crippen LogP contribution in [0.1, 0.15) is 48.3 Å². The van der Waals surface area contributed by atoms with Crippen molar-refractivity contribution in [1.82, 2.24) is 25.5 Å². The molecule has 0 unspecified atom stereocenters. The zero-order valence-corrected chi connectivity index (χ0v) is 26.0. The number of likely N-dealkylation sites (tertiary alicyclic amines) is 1. The number of aromatic nitrogens is 2. The molecule has 3 aliphatic rings. The molecule has 232 valence electrons. The summed E-state index contributed by atoms with van der Waals surface area (Å²) in [6.45, 7) is 1.33. The highest BCUT2D eigenvalue weighted by Crippen LogP contribution is 2.47. The van der Waals surface area contributed by atoms with Crippen LogP contribution in [0.15, 0.2) is 76.8 Å². The van der Waals surface area contributed by atoms with Gasteiger partial charge in [-0.3, -0.25) is 19.4 Å². The molecule has 3 N–H and O–H groups in total. The molecule has 2 aromatic carbocycles. The quantitative estimate of drug-likeness (QED) is 0.229. The Morgan fingerprint density at radius 2 is 1.87 bits per heavy atom. The molecule has 1 saturated carbocycles. The third-order valence-electron chi connectivity index (χ3n) is 8.50. The van der Waals surface area contributed by atoms with Crippen molar-refractivity contribution in [2.75, 3.05) is 13.1 Å². The largest absolute Gasteiger partial charge is 0.455 e. The Hall–Kier alpha value is -4.36.